The molecular weight excluding hydrogens is 398 g/mol. The number of carbonyl (C=O) groups is 1. The summed E-state index contributed by atoms with van der Waals surface area (Å²) in [6, 6.07) is 13.2. The van der Waals surface area contributed by atoms with Crippen LogP contribution in [0.15, 0.2) is 47.0 Å². The molecule has 1 aliphatic rings. The lowest BCUT2D eigenvalue weighted by atomic mass is 10.1. The molecule has 1 saturated heterocycles. The van der Waals surface area contributed by atoms with Gasteiger partial charge in [-0.15, -0.1) is 0 Å². The number of rotatable bonds is 8. The molecule has 0 saturated carbocycles. The van der Waals surface area contributed by atoms with Crippen LogP contribution in [0, 0.1) is 0 Å². The number of nitrogens with zero attached hydrogens (tertiary/aromatic N) is 3. The molecule has 162 valence electrons. The lowest BCUT2D eigenvalue weighted by molar-refractivity contribution is -0.128. The van der Waals surface area contributed by atoms with Gasteiger partial charge in [0.1, 0.15) is 17.2 Å². The van der Waals surface area contributed by atoms with Crippen molar-refractivity contribution in [2.45, 2.75) is 25.8 Å². The normalized spacial score (nSPS) is 15.9. The van der Waals surface area contributed by atoms with Gasteiger partial charge in [0.15, 0.2) is 0 Å². The Kier molecular flexibility index (Phi) is 6.06. The highest BCUT2D eigenvalue weighted by atomic mass is 16.5. The number of para-hydroxylation sites is 1. The lowest BCUT2D eigenvalue weighted by Crippen LogP contribution is -2.24. The Bertz CT molecular complexity index is 1040. The van der Waals surface area contributed by atoms with E-state index in [-0.39, 0.29) is 11.8 Å². The number of carbonyl (C=O) groups excluding carboxylic acids is 1. The van der Waals surface area contributed by atoms with Crippen LogP contribution in [0.2, 0.25) is 0 Å². The smallest absolute Gasteiger partial charge is 0.232 e. The minimum Gasteiger partial charge on any atom is -0.497 e. The summed E-state index contributed by atoms with van der Waals surface area (Å²) in [5, 5.41) is 4.11. The topological polar surface area (TPSA) is 86.9 Å². The molecule has 0 spiro atoms. The number of aromatic nitrogens is 2. The summed E-state index contributed by atoms with van der Waals surface area (Å²) in [7, 11) is 3.17. The molecule has 31 heavy (non-hydrogen) atoms. The zero-order valence-electron chi connectivity index (χ0n) is 17.8. The van der Waals surface area contributed by atoms with Crippen molar-refractivity contribution in [1.29, 1.82) is 0 Å². The molecule has 8 nitrogen and oxygen atoms in total. The number of ether oxygens (including phenoxy) is 3. The largest absolute Gasteiger partial charge is 0.497 e. The van der Waals surface area contributed by atoms with Gasteiger partial charge < -0.3 is 23.6 Å². The summed E-state index contributed by atoms with van der Waals surface area (Å²) in [4.78, 5) is 19.0. The van der Waals surface area contributed by atoms with Crippen molar-refractivity contribution < 1.29 is 23.5 Å². The number of benzene rings is 2. The van der Waals surface area contributed by atoms with Crippen molar-refractivity contribution in [2.24, 2.45) is 0 Å². The summed E-state index contributed by atoms with van der Waals surface area (Å²) in [6.45, 7) is 3.52. The molecule has 1 fully saturated rings. The standard InChI is InChI=1S/C23H25N3O5/c1-4-30-20-8-6-5-7-15(20)13-26-14-17(11-21(26)27)23-24-22(25-31-23)16-9-18(28-2)12-19(10-16)29-3/h5-10,12,17H,4,11,13-14H2,1-3H3. The SMILES string of the molecule is CCOc1ccccc1CN1CC(c2nc(-c3cc(OC)cc(OC)c3)no2)CC1=O. The molecule has 3 aromatic rings. The van der Waals surface area contributed by atoms with Gasteiger partial charge in [0.05, 0.1) is 26.7 Å². The first kappa shape index (κ1) is 20.7. The third-order valence-corrected chi connectivity index (χ3v) is 5.25. The summed E-state index contributed by atoms with van der Waals surface area (Å²) in [5.41, 5.74) is 1.70. The second-order valence-electron chi connectivity index (χ2n) is 7.27. The van der Waals surface area contributed by atoms with Gasteiger partial charge in [0.25, 0.3) is 0 Å². The van der Waals surface area contributed by atoms with Crippen molar-refractivity contribution in [1.82, 2.24) is 15.0 Å². The van der Waals surface area contributed by atoms with Crippen molar-refractivity contribution in [3.05, 3.63) is 53.9 Å². The van der Waals surface area contributed by atoms with Crippen molar-refractivity contribution in [3.8, 4) is 28.6 Å². The molecule has 4 rings (SSSR count). The molecule has 2 aromatic carbocycles. The third-order valence-electron chi connectivity index (χ3n) is 5.25. The number of amides is 1. The zero-order chi connectivity index (χ0) is 21.8. The maximum atomic E-state index is 12.6. The van der Waals surface area contributed by atoms with Gasteiger partial charge in [-0.2, -0.15) is 4.98 Å². The van der Waals surface area contributed by atoms with Crippen LogP contribution in [-0.4, -0.2) is 48.3 Å². The molecule has 1 unspecified atom stereocenters. The first-order chi connectivity index (χ1) is 15.1. The second kappa shape index (κ2) is 9.07. The van der Waals surface area contributed by atoms with Crippen molar-refractivity contribution in [3.63, 3.8) is 0 Å². The number of likely N-dealkylation sites (tertiary alicyclic amines) is 1. The monoisotopic (exact) mass is 423 g/mol. The maximum Gasteiger partial charge on any atom is 0.232 e. The van der Waals surface area contributed by atoms with E-state index < -0.39 is 0 Å². The van der Waals surface area contributed by atoms with Crippen LogP contribution in [-0.2, 0) is 11.3 Å². The van der Waals surface area contributed by atoms with Crippen LogP contribution in [0.25, 0.3) is 11.4 Å². The van der Waals surface area contributed by atoms with E-state index in [9.17, 15) is 4.79 Å². The maximum absolute atomic E-state index is 12.6. The van der Waals surface area contributed by atoms with Crippen LogP contribution in [0.1, 0.15) is 30.7 Å². The highest BCUT2D eigenvalue weighted by Crippen LogP contribution is 2.33. The Morgan fingerprint density at radius 3 is 2.58 bits per heavy atom. The van der Waals surface area contributed by atoms with Gasteiger partial charge in [-0.3, -0.25) is 4.79 Å². The predicted molar refractivity (Wildman–Crippen MR) is 113 cm³/mol. The summed E-state index contributed by atoms with van der Waals surface area (Å²) >= 11 is 0. The molecular formula is C23H25N3O5. The van der Waals surface area contributed by atoms with Crippen LogP contribution >= 0.6 is 0 Å². The molecule has 1 aromatic heterocycles. The molecule has 0 aliphatic carbocycles. The highest BCUT2D eigenvalue weighted by Gasteiger charge is 2.34. The zero-order valence-corrected chi connectivity index (χ0v) is 17.8. The molecule has 0 bridgehead atoms. The number of hydrogen-bond acceptors (Lipinski definition) is 7. The van der Waals surface area contributed by atoms with E-state index in [1.807, 2.05) is 43.3 Å². The first-order valence-corrected chi connectivity index (χ1v) is 10.2. The second-order valence-corrected chi connectivity index (χ2v) is 7.27. The van der Waals surface area contributed by atoms with E-state index in [0.717, 1.165) is 16.9 Å². The predicted octanol–water partition coefficient (Wildman–Crippen LogP) is 3.67. The highest BCUT2D eigenvalue weighted by molar-refractivity contribution is 5.79. The van der Waals surface area contributed by atoms with E-state index in [0.29, 0.717) is 49.3 Å². The summed E-state index contributed by atoms with van der Waals surface area (Å²) < 4.78 is 21.8. The first-order valence-electron chi connectivity index (χ1n) is 10.2. The van der Waals surface area contributed by atoms with Gasteiger partial charge in [0, 0.05) is 36.7 Å². The number of methoxy groups -OCH3 is 2. The molecule has 1 amide bonds. The fourth-order valence-corrected chi connectivity index (χ4v) is 3.68. The number of hydrogen-bond donors (Lipinski definition) is 0. The van der Waals surface area contributed by atoms with Gasteiger partial charge in [0.2, 0.25) is 17.6 Å². The Labute approximate surface area is 180 Å². The fraction of sp³-hybridized carbons (Fsp3) is 0.348. The van der Waals surface area contributed by atoms with Crippen LogP contribution < -0.4 is 14.2 Å². The van der Waals surface area contributed by atoms with Crippen LogP contribution in [0.5, 0.6) is 17.2 Å². The Morgan fingerprint density at radius 2 is 1.87 bits per heavy atom. The molecule has 8 heteroatoms. The van der Waals surface area contributed by atoms with Gasteiger partial charge >= 0.3 is 0 Å². The van der Waals surface area contributed by atoms with Gasteiger partial charge in [-0.25, -0.2) is 0 Å². The summed E-state index contributed by atoms with van der Waals surface area (Å²) in [5.74, 6) is 2.85. The van der Waals surface area contributed by atoms with E-state index in [1.54, 1.807) is 25.2 Å². The quantitative estimate of drug-likeness (QED) is 0.546. The van der Waals surface area contributed by atoms with E-state index in [1.165, 1.54) is 0 Å². The van der Waals surface area contributed by atoms with E-state index in [4.69, 9.17) is 18.7 Å². The van der Waals surface area contributed by atoms with E-state index >= 15 is 0 Å². The molecule has 1 atom stereocenters. The minimum atomic E-state index is -0.152. The van der Waals surface area contributed by atoms with Crippen molar-refractivity contribution in [2.75, 3.05) is 27.4 Å². The average Bonchev–Trinajstić information content (AvgIpc) is 3.42. The summed E-state index contributed by atoms with van der Waals surface area (Å²) in [6.07, 6.45) is 0.333. The average molecular weight is 423 g/mol. The Balaban J connectivity index is 1.50. The lowest BCUT2D eigenvalue weighted by Gasteiger charge is -2.18. The molecule has 1 aliphatic heterocycles. The molecule has 0 radical (unpaired) electrons. The van der Waals surface area contributed by atoms with Gasteiger partial charge in [-0.1, -0.05) is 23.4 Å². The Morgan fingerprint density at radius 1 is 1.13 bits per heavy atom. The van der Waals surface area contributed by atoms with Gasteiger partial charge in [-0.05, 0) is 25.1 Å². The third kappa shape index (κ3) is 4.47. The van der Waals surface area contributed by atoms with Crippen LogP contribution in [0.3, 0.4) is 0 Å². The molecule has 0 N–H and O–H groups in total. The fourth-order valence-electron chi connectivity index (χ4n) is 3.68. The minimum absolute atomic E-state index is 0.0547. The van der Waals surface area contributed by atoms with E-state index in [2.05, 4.69) is 10.1 Å². The molecule has 2 heterocycles. The van der Waals surface area contributed by atoms with Crippen molar-refractivity contribution >= 4 is 5.91 Å². The van der Waals surface area contributed by atoms with Crippen LogP contribution in [0.4, 0.5) is 0 Å². The Hall–Kier alpha value is -3.55.